The Morgan fingerprint density at radius 3 is 2.71 bits per heavy atom. The standard InChI is InChI=1S/C13H24N2O2/c1-13(2,3)14-12(16)15-8-9-17-11-7-5-4-6-10(11)15/h10-11H,4-9H2,1-3H3,(H,14,16). The number of hydrogen-bond donors (Lipinski definition) is 1. The molecule has 2 amide bonds. The van der Waals surface area contributed by atoms with Crippen LogP contribution in [-0.2, 0) is 4.74 Å². The van der Waals surface area contributed by atoms with Crippen molar-refractivity contribution < 1.29 is 9.53 Å². The zero-order chi connectivity index (χ0) is 12.5. The highest BCUT2D eigenvalue weighted by Crippen LogP contribution is 2.28. The Balaban J connectivity index is 2.01. The van der Waals surface area contributed by atoms with E-state index in [-0.39, 0.29) is 17.7 Å². The Bertz CT molecular complexity index is 284. The van der Waals surface area contributed by atoms with E-state index in [1.165, 1.54) is 12.8 Å². The lowest BCUT2D eigenvalue weighted by Gasteiger charge is -2.44. The van der Waals surface area contributed by atoms with Crippen LogP contribution in [0.15, 0.2) is 0 Å². The van der Waals surface area contributed by atoms with Gasteiger partial charge in [0.25, 0.3) is 0 Å². The molecule has 1 heterocycles. The van der Waals surface area contributed by atoms with Gasteiger partial charge in [0.05, 0.1) is 18.8 Å². The number of amides is 2. The molecule has 4 nitrogen and oxygen atoms in total. The van der Waals surface area contributed by atoms with Gasteiger partial charge in [-0.2, -0.15) is 0 Å². The van der Waals surface area contributed by atoms with Crippen LogP contribution in [0.2, 0.25) is 0 Å². The molecule has 0 aromatic rings. The lowest BCUT2D eigenvalue weighted by atomic mass is 9.90. The second-order valence-electron chi connectivity index (χ2n) is 6.13. The summed E-state index contributed by atoms with van der Waals surface area (Å²) in [5.74, 6) is 0. The molecule has 0 aromatic carbocycles. The third-order valence-electron chi connectivity index (χ3n) is 3.47. The van der Waals surface area contributed by atoms with Crippen molar-refractivity contribution in [3.05, 3.63) is 0 Å². The van der Waals surface area contributed by atoms with Crippen LogP contribution in [-0.4, -0.2) is 41.8 Å². The van der Waals surface area contributed by atoms with Crippen LogP contribution in [0.4, 0.5) is 4.79 Å². The minimum atomic E-state index is -0.167. The largest absolute Gasteiger partial charge is 0.374 e. The van der Waals surface area contributed by atoms with Crippen molar-refractivity contribution in [2.45, 2.75) is 64.1 Å². The Morgan fingerprint density at radius 1 is 1.29 bits per heavy atom. The predicted molar refractivity (Wildman–Crippen MR) is 67.0 cm³/mol. The first-order valence-corrected chi connectivity index (χ1v) is 6.68. The quantitative estimate of drug-likeness (QED) is 0.705. The van der Waals surface area contributed by atoms with Gasteiger partial charge in [-0.1, -0.05) is 12.8 Å². The van der Waals surface area contributed by atoms with Gasteiger partial charge in [-0.15, -0.1) is 0 Å². The fourth-order valence-corrected chi connectivity index (χ4v) is 2.74. The van der Waals surface area contributed by atoms with Crippen molar-refractivity contribution in [2.75, 3.05) is 13.2 Å². The molecule has 2 rings (SSSR count). The third-order valence-corrected chi connectivity index (χ3v) is 3.47. The van der Waals surface area contributed by atoms with E-state index in [9.17, 15) is 4.79 Å². The third kappa shape index (κ3) is 3.12. The number of nitrogens with zero attached hydrogens (tertiary/aromatic N) is 1. The van der Waals surface area contributed by atoms with Gasteiger partial charge >= 0.3 is 6.03 Å². The molecule has 0 aromatic heterocycles. The summed E-state index contributed by atoms with van der Waals surface area (Å²) in [5, 5.41) is 3.05. The average molecular weight is 240 g/mol. The summed E-state index contributed by atoms with van der Waals surface area (Å²) < 4.78 is 5.77. The minimum Gasteiger partial charge on any atom is -0.374 e. The molecular weight excluding hydrogens is 216 g/mol. The summed E-state index contributed by atoms with van der Waals surface area (Å²) in [7, 11) is 0. The summed E-state index contributed by atoms with van der Waals surface area (Å²) in [4.78, 5) is 14.2. The maximum atomic E-state index is 12.2. The van der Waals surface area contributed by atoms with Crippen molar-refractivity contribution in [1.82, 2.24) is 10.2 Å². The Kier molecular flexibility index (Phi) is 3.61. The molecule has 17 heavy (non-hydrogen) atoms. The van der Waals surface area contributed by atoms with E-state index >= 15 is 0 Å². The van der Waals surface area contributed by atoms with Crippen molar-refractivity contribution in [1.29, 1.82) is 0 Å². The van der Waals surface area contributed by atoms with Crippen LogP contribution >= 0.6 is 0 Å². The van der Waals surface area contributed by atoms with Crippen molar-refractivity contribution in [2.24, 2.45) is 0 Å². The van der Waals surface area contributed by atoms with Gasteiger partial charge in [0, 0.05) is 12.1 Å². The molecule has 0 spiro atoms. The number of morpholine rings is 1. The van der Waals surface area contributed by atoms with Crippen molar-refractivity contribution >= 4 is 6.03 Å². The summed E-state index contributed by atoms with van der Waals surface area (Å²) in [6.45, 7) is 7.46. The first kappa shape index (κ1) is 12.7. The van der Waals surface area contributed by atoms with E-state index in [0.29, 0.717) is 12.6 Å². The molecule has 2 atom stereocenters. The second-order valence-corrected chi connectivity index (χ2v) is 6.13. The first-order chi connectivity index (χ1) is 7.97. The van der Waals surface area contributed by atoms with Crippen LogP contribution in [0.5, 0.6) is 0 Å². The molecule has 0 radical (unpaired) electrons. The average Bonchev–Trinajstić information content (AvgIpc) is 2.26. The smallest absolute Gasteiger partial charge is 0.318 e. The van der Waals surface area contributed by atoms with Crippen molar-refractivity contribution in [3.8, 4) is 0 Å². The summed E-state index contributed by atoms with van der Waals surface area (Å²) >= 11 is 0. The number of urea groups is 1. The van der Waals surface area contributed by atoms with Gasteiger partial charge in [-0.25, -0.2) is 4.79 Å². The van der Waals surface area contributed by atoms with Gasteiger partial charge in [0.1, 0.15) is 0 Å². The summed E-state index contributed by atoms with van der Waals surface area (Å²) in [6, 6.07) is 0.359. The SMILES string of the molecule is CC(C)(C)NC(=O)N1CCOC2CCCCC21. The Labute approximate surface area is 104 Å². The molecule has 0 bridgehead atoms. The molecule has 1 saturated carbocycles. The number of hydrogen-bond acceptors (Lipinski definition) is 2. The first-order valence-electron chi connectivity index (χ1n) is 6.68. The Hall–Kier alpha value is -0.770. The fraction of sp³-hybridized carbons (Fsp3) is 0.923. The molecule has 2 unspecified atom stereocenters. The van der Waals surface area contributed by atoms with Gasteiger partial charge in [-0.05, 0) is 33.6 Å². The predicted octanol–water partition coefficient (Wildman–Crippen LogP) is 2.14. The summed E-state index contributed by atoms with van der Waals surface area (Å²) in [6.07, 6.45) is 4.90. The highest BCUT2D eigenvalue weighted by Gasteiger charge is 2.37. The van der Waals surface area contributed by atoms with Gasteiger partial charge in [0.2, 0.25) is 0 Å². The van der Waals surface area contributed by atoms with E-state index < -0.39 is 0 Å². The van der Waals surface area contributed by atoms with E-state index in [2.05, 4.69) is 5.32 Å². The molecule has 1 aliphatic heterocycles. The maximum Gasteiger partial charge on any atom is 0.318 e. The summed E-state index contributed by atoms with van der Waals surface area (Å²) in [5.41, 5.74) is -0.167. The maximum absolute atomic E-state index is 12.2. The highest BCUT2D eigenvalue weighted by molar-refractivity contribution is 5.75. The van der Waals surface area contributed by atoms with Gasteiger partial charge in [0.15, 0.2) is 0 Å². The number of nitrogens with one attached hydrogen (secondary N) is 1. The molecule has 2 aliphatic rings. The molecule has 98 valence electrons. The monoisotopic (exact) mass is 240 g/mol. The van der Waals surface area contributed by atoms with Crippen LogP contribution < -0.4 is 5.32 Å². The van der Waals surface area contributed by atoms with E-state index in [4.69, 9.17) is 4.74 Å². The van der Waals surface area contributed by atoms with Gasteiger partial charge < -0.3 is 15.0 Å². The molecule has 4 heteroatoms. The lowest BCUT2D eigenvalue weighted by molar-refractivity contribution is -0.0717. The molecule has 1 aliphatic carbocycles. The second kappa shape index (κ2) is 4.84. The highest BCUT2D eigenvalue weighted by atomic mass is 16.5. The molecular formula is C13H24N2O2. The van der Waals surface area contributed by atoms with Crippen LogP contribution in [0.25, 0.3) is 0 Å². The molecule has 1 saturated heterocycles. The van der Waals surface area contributed by atoms with Crippen LogP contribution in [0.1, 0.15) is 46.5 Å². The molecule has 1 N–H and O–H groups in total. The zero-order valence-corrected chi connectivity index (χ0v) is 11.2. The zero-order valence-electron chi connectivity index (χ0n) is 11.2. The number of ether oxygens (including phenoxy) is 1. The minimum absolute atomic E-state index is 0.0673. The number of rotatable bonds is 0. The number of fused-ring (bicyclic) bond motifs is 1. The van der Waals surface area contributed by atoms with Crippen LogP contribution in [0, 0.1) is 0 Å². The van der Waals surface area contributed by atoms with Crippen LogP contribution in [0.3, 0.4) is 0 Å². The van der Waals surface area contributed by atoms with Crippen molar-refractivity contribution in [3.63, 3.8) is 0 Å². The fourth-order valence-electron chi connectivity index (χ4n) is 2.74. The number of carbonyl (C=O) groups excluding carboxylic acids is 1. The van der Waals surface area contributed by atoms with E-state index in [1.54, 1.807) is 0 Å². The topological polar surface area (TPSA) is 41.6 Å². The number of carbonyl (C=O) groups is 1. The van der Waals surface area contributed by atoms with E-state index in [0.717, 1.165) is 19.4 Å². The van der Waals surface area contributed by atoms with Gasteiger partial charge in [-0.3, -0.25) is 0 Å². The van der Waals surface area contributed by atoms with E-state index in [1.807, 2.05) is 25.7 Å². The normalized spacial score (nSPS) is 29.7. The Morgan fingerprint density at radius 2 is 2.00 bits per heavy atom. The lowest BCUT2D eigenvalue weighted by Crippen LogP contribution is -2.59. The molecule has 2 fully saturated rings.